The molecular weight excluding hydrogens is 416 g/mol. The van der Waals surface area contributed by atoms with E-state index >= 15 is 0 Å². The number of nitrogens with zero attached hydrogens (tertiary/aromatic N) is 1. The first-order chi connectivity index (χ1) is 13.7. The van der Waals surface area contributed by atoms with Gasteiger partial charge in [0.2, 0.25) is 0 Å². The number of halogens is 1. The van der Waals surface area contributed by atoms with E-state index in [1.807, 2.05) is 36.4 Å². The number of aromatic nitrogens is 1. The van der Waals surface area contributed by atoms with E-state index < -0.39 is 6.09 Å². The minimum atomic E-state index is -0.468. The lowest BCUT2D eigenvalue weighted by atomic mass is 9.98. The number of hydrogen-bond donors (Lipinski definition) is 1. The van der Waals surface area contributed by atoms with Crippen LogP contribution in [0.5, 0.6) is 0 Å². The van der Waals surface area contributed by atoms with E-state index in [0.717, 1.165) is 10.2 Å². The van der Waals surface area contributed by atoms with Crippen LogP contribution in [-0.4, -0.2) is 24.2 Å². The van der Waals surface area contributed by atoms with Gasteiger partial charge in [0.05, 0.1) is 6.54 Å². The molecule has 4 rings (SSSR count). The van der Waals surface area contributed by atoms with E-state index in [1.165, 1.54) is 22.3 Å². The van der Waals surface area contributed by atoms with Crippen molar-refractivity contribution in [3.8, 4) is 23.0 Å². The van der Waals surface area contributed by atoms with Crippen LogP contribution >= 0.6 is 15.9 Å². The number of benzene rings is 2. The average Bonchev–Trinajstić information content (AvgIpc) is 3.05. The van der Waals surface area contributed by atoms with Crippen LogP contribution in [-0.2, 0) is 4.74 Å². The highest BCUT2D eigenvalue weighted by Crippen LogP contribution is 2.44. The number of amides is 1. The van der Waals surface area contributed by atoms with Crippen molar-refractivity contribution < 1.29 is 9.53 Å². The number of fused-ring (bicyclic) bond motifs is 3. The maximum absolute atomic E-state index is 12.1. The monoisotopic (exact) mass is 432 g/mol. The molecule has 1 aromatic heterocycles. The Bertz CT molecular complexity index is 1020. The number of carbonyl (C=O) groups is 1. The van der Waals surface area contributed by atoms with E-state index in [2.05, 4.69) is 62.3 Å². The number of hydrogen-bond acceptors (Lipinski definition) is 3. The highest BCUT2D eigenvalue weighted by atomic mass is 79.9. The molecule has 1 amide bonds. The van der Waals surface area contributed by atoms with Gasteiger partial charge in [-0.05, 0) is 50.3 Å². The average molecular weight is 433 g/mol. The van der Waals surface area contributed by atoms with Crippen molar-refractivity contribution in [2.24, 2.45) is 0 Å². The van der Waals surface area contributed by atoms with Crippen molar-refractivity contribution in [3.05, 3.63) is 88.2 Å². The van der Waals surface area contributed by atoms with E-state index in [-0.39, 0.29) is 12.5 Å². The Hall–Kier alpha value is -3.10. The molecule has 1 heterocycles. The van der Waals surface area contributed by atoms with E-state index in [4.69, 9.17) is 4.74 Å². The molecule has 0 spiro atoms. The fourth-order valence-corrected chi connectivity index (χ4v) is 3.60. The molecule has 28 heavy (non-hydrogen) atoms. The summed E-state index contributed by atoms with van der Waals surface area (Å²) in [6, 6.07) is 20.2. The molecule has 0 radical (unpaired) electrons. The Morgan fingerprint density at radius 1 is 1.04 bits per heavy atom. The predicted molar refractivity (Wildman–Crippen MR) is 112 cm³/mol. The standard InChI is InChI=1S/C23H17BrN2O2/c24-22-12-11-16(14-26-22)6-5-13-25-23(27)28-15-21-19-9-3-1-7-17(19)18-8-2-4-10-20(18)21/h1-4,7-12,14,21H,13,15H2,(H,25,27). The van der Waals surface area contributed by atoms with Crippen LogP contribution in [0.4, 0.5) is 4.79 Å². The van der Waals surface area contributed by atoms with Crippen LogP contribution in [0.25, 0.3) is 11.1 Å². The smallest absolute Gasteiger partial charge is 0.407 e. The fraction of sp³-hybridized carbons (Fsp3) is 0.130. The first-order valence-electron chi connectivity index (χ1n) is 8.91. The topological polar surface area (TPSA) is 51.2 Å². The lowest BCUT2D eigenvalue weighted by molar-refractivity contribution is 0.144. The van der Waals surface area contributed by atoms with Crippen LogP contribution in [0, 0.1) is 11.8 Å². The Morgan fingerprint density at radius 3 is 2.36 bits per heavy atom. The number of ether oxygens (including phenoxy) is 1. The fourth-order valence-electron chi connectivity index (χ4n) is 3.36. The van der Waals surface area contributed by atoms with E-state index in [0.29, 0.717) is 6.61 Å². The summed E-state index contributed by atoms with van der Waals surface area (Å²) >= 11 is 3.28. The van der Waals surface area contributed by atoms with E-state index in [9.17, 15) is 4.79 Å². The highest BCUT2D eigenvalue weighted by molar-refractivity contribution is 9.10. The second kappa shape index (κ2) is 8.28. The zero-order valence-corrected chi connectivity index (χ0v) is 16.6. The maximum Gasteiger partial charge on any atom is 0.407 e. The summed E-state index contributed by atoms with van der Waals surface area (Å²) < 4.78 is 6.23. The molecule has 0 atom stereocenters. The number of alkyl carbamates (subject to hydrolysis) is 1. The summed E-state index contributed by atoms with van der Waals surface area (Å²) in [5.41, 5.74) is 5.60. The number of rotatable bonds is 3. The lowest BCUT2D eigenvalue weighted by Gasteiger charge is -2.14. The molecular formula is C23H17BrN2O2. The van der Waals surface area contributed by atoms with Crippen LogP contribution in [0.3, 0.4) is 0 Å². The molecule has 3 aromatic rings. The number of pyridine rings is 1. The molecule has 0 saturated heterocycles. The second-order valence-electron chi connectivity index (χ2n) is 6.35. The maximum atomic E-state index is 12.1. The predicted octanol–water partition coefficient (Wildman–Crippen LogP) is 4.73. The Labute approximate surface area is 172 Å². The first-order valence-corrected chi connectivity index (χ1v) is 9.71. The van der Waals surface area contributed by atoms with Crippen molar-refractivity contribution in [1.29, 1.82) is 0 Å². The van der Waals surface area contributed by atoms with Crippen molar-refractivity contribution in [1.82, 2.24) is 10.3 Å². The van der Waals surface area contributed by atoms with Gasteiger partial charge >= 0.3 is 6.09 Å². The summed E-state index contributed by atoms with van der Waals surface area (Å²) in [7, 11) is 0. The van der Waals surface area contributed by atoms with Gasteiger partial charge in [0.15, 0.2) is 0 Å². The van der Waals surface area contributed by atoms with Crippen molar-refractivity contribution in [2.45, 2.75) is 5.92 Å². The van der Waals surface area contributed by atoms with Gasteiger partial charge < -0.3 is 10.1 Å². The number of carbonyl (C=O) groups excluding carboxylic acids is 1. The largest absolute Gasteiger partial charge is 0.449 e. The molecule has 138 valence electrons. The molecule has 0 unspecified atom stereocenters. The lowest BCUT2D eigenvalue weighted by Crippen LogP contribution is -2.26. The molecule has 2 aromatic carbocycles. The summed E-state index contributed by atoms with van der Waals surface area (Å²) in [6.07, 6.45) is 1.20. The van der Waals surface area contributed by atoms with Gasteiger partial charge in [0, 0.05) is 17.7 Å². The van der Waals surface area contributed by atoms with Gasteiger partial charge in [-0.15, -0.1) is 0 Å². The third kappa shape index (κ3) is 3.92. The normalized spacial score (nSPS) is 11.8. The molecule has 4 nitrogen and oxygen atoms in total. The number of nitrogens with one attached hydrogen (secondary N) is 1. The van der Waals surface area contributed by atoms with Gasteiger partial charge in [0.25, 0.3) is 0 Å². The summed E-state index contributed by atoms with van der Waals surface area (Å²) in [6.45, 7) is 0.511. The molecule has 0 saturated carbocycles. The minimum Gasteiger partial charge on any atom is -0.449 e. The Kier molecular flexibility index (Phi) is 5.41. The summed E-state index contributed by atoms with van der Waals surface area (Å²) in [4.78, 5) is 16.2. The van der Waals surface area contributed by atoms with Crippen LogP contribution < -0.4 is 5.32 Å². The molecule has 0 aliphatic heterocycles. The molecule has 5 heteroatoms. The highest BCUT2D eigenvalue weighted by Gasteiger charge is 2.28. The van der Waals surface area contributed by atoms with Gasteiger partial charge in [-0.2, -0.15) is 0 Å². The van der Waals surface area contributed by atoms with Crippen LogP contribution in [0.2, 0.25) is 0 Å². The van der Waals surface area contributed by atoms with Gasteiger partial charge in [0.1, 0.15) is 11.2 Å². The minimum absolute atomic E-state index is 0.0538. The quantitative estimate of drug-likeness (QED) is 0.480. The second-order valence-corrected chi connectivity index (χ2v) is 7.16. The van der Waals surface area contributed by atoms with Crippen LogP contribution in [0.15, 0.2) is 71.5 Å². The summed E-state index contributed by atoms with van der Waals surface area (Å²) in [5.74, 6) is 5.89. The zero-order chi connectivity index (χ0) is 19.3. The van der Waals surface area contributed by atoms with E-state index in [1.54, 1.807) is 6.20 Å². The Balaban J connectivity index is 1.35. The van der Waals surface area contributed by atoms with Crippen molar-refractivity contribution >= 4 is 22.0 Å². The molecule has 1 aliphatic rings. The zero-order valence-electron chi connectivity index (χ0n) is 15.0. The molecule has 0 bridgehead atoms. The van der Waals surface area contributed by atoms with Gasteiger partial charge in [-0.1, -0.05) is 60.4 Å². The molecule has 1 aliphatic carbocycles. The van der Waals surface area contributed by atoms with Crippen LogP contribution in [0.1, 0.15) is 22.6 Å². The molecule has 0 fully saturated rings. The van der Waals surface area contributed by atoms with Crippen molar-refractivity contribution in [3.63, 3.8) is 0 Å². The third-order valence-electron chi connectivity index (χ3n) is 4.62. The third-order valence-corrected chi connectivity index (χ3v) is 5.09. The van der Waals surface area contributed by atoms with Gasteiger partial charge in [-0.3, -0.25) is 0 Å². The van der Waals surface area contributed by atoms with Crippen molar-refractivity contribution in [2.75, 3.05) is 13.2 Å². The molecule has 1 N–H and O–H groups in total. The SMILES string of the molecule is O=C(NCC#Cc1ccc(Br)nc1)OCC1c2ccccc2-c2ccccc21. The van der Waals surface area contributed by atoms with Gasteiger partial charge in [-0.25, -0.2) is 9.78 Å². The summed E-state index contributed by atoms with van der Waals surface area (Å²) in [5, 5.41) is 2.67. The Morgan fingerprint density at radius 2 is 1.71 bits per heavy atom. The first kappa shape index (κ1) is 18.3.